The summed E-state index contributed by atoms with van der Waals surface area (Å²) < 4.78 is 40.7. The van der Waals surface area contributed by atoms with Gasteiger partial charge in [-0.3, -0.25) is 9.59 Å². The number of hydrogen-bond donors (Lipinski definition) is 1. The van der Waals surface area contributed by atoms with Crippen LogP contribution in [0.5, 0.6) is 5.75 Å². The van der Waals surface area contributed by atoms with Gasteiger partial charge in [-0.2, -0.15) is 0 Å². The van der Waals surface area contributed by atoms with Gasteiger partial charge in [0.25, 0.3) is 0 Å². The van der Waals surface area contributed by atoms with Gasteiger partial charge in [0.05, 0.1) is 5.92 Å². The average Bonchev–Trinajstić information content (AvgIpc) is 2.96. The maximum Gasteiger partial charge on any atom is 0.573 e. The molecule has 0 aromatic heterocycles. The molecule has 2 amide bonds. The Labute approximate surface area is 153 Å². The molecule has 2 aromatic carbocycles. The number of halogens is 3. The predicted molar refractivity (Wildman–Crippen MR) is 93.4 cm³/mol. The third-order valence-electron chi connectivity index (χ3n) is 4.18. The molecule has 3 rings (SSSR count). The molecule has 142 valence electrons. The second-order valence-corrected chi connectivity index (χ2v) is 6.31. The van der Waals surface area contributed by atoms with E-state index in [9.17, 15) is 22.8 Å². The van der Waals surface area contributed by atoms with Crippen LogP contribution in [0.2, 0.25) is 0 Å². The Morgan fingerprint density at radius 2 is 1.89 bits per heavy atom. The van der Waals surface area contributed by atoms with E-state index in [0.717, 1.165) is 17.7 Å². The minimum atomic E-state index is -4.81. The lowest BCUT2D eigenvalue weighted by Gasteiger charge is -2.17. The van der Waals surface area contributed by atoms with E-state index in [1.54, 1.807) is 0 Å². The number of benzene rings is 2. The Balaban J connectivity index is 1.66. The number of amides is 2. The Morgan fingerprint density at radius 1 is 1.19 bits per heavy atom. The van der Waals surface area contributed by atoms with E-state index in [0.29, 0.717) is 5.69 Å². The average molecular weight is 378 g/mol. The Kier molecular flexibility index (Phi) is 5.07. The maximum atomic E-state index is 12.4. The van der Waals surface area contributed by atoms with Gasteiger partial charge in [0, 0.05) is 30.4 Å². The van der Waals surface area contributed by atoms with Gasteiger partial charge in [-0.1, -0.05) is 23.8 Å². The van der Waals surface area contributed by atoms with Crippen LogP contribution < -0.4 is 15.0 Å². The van der Waals surface area contributed by atoms with E-state index in [1.807, 2.05) is 31.2 Å². The van der Waals surface area contributed by atoms with Crippen molar-refractivity contribution in [2.75, 3.05) is 16.8 Å². The van der Waals surface area contributed by atoms with Gasteiger partial charge in [0.2, 0.25) is 11.8 Å². The lowest BCUT2D eigenvalue weighted by atomic mass is 10.1. The quantitative estimate of drug-likeness (QED) is 0.878. The van der Waals surface area contributed by atoms with Crippen molar-refractivity contribution in [2.45, 2.75) is 19.7 Å². The van der Waals surface area contributed by atoms with E-state index in [-0.39, 0.29) is 24.6 Å². The zero-order valence-electron chi connectivity index (χ0n) is 14.4. The number of anilines is 2. The van der Waals surface area contributed by atoms with Crippen LogP contribution in [0.25, 0.3) is 0 Å². The van der Waals surface area contributed by atoms with Crippen LogP contribution in [0.15, 0.2) is 48.5 Å². The Bertz CT molecular complexity index is 850. The molecule has 0 saturated carbocycles. The fraction of sp³-hybridized carbons (Fsp3) is 0.263. The van der Waals surface area contributed by atoms with Gasteiger partial charge in [0.1, 0.15) is 5.75 Å². The van der Waals surface area contributed by atoms with Crippen molar-refractivity contribution in [1.29, 1.82) is 0 Å². The first-order valence-corrected chi connectivity index (χ1v) is 8.25. The van der Waals surface area contributed by atoms with Crippen molar-refractivity contribution >= 4 is 23.2 Å². The first-order chi connectivity index (χ1) is 12.7. The number of carbonyl (C=O) groups is 2. The Morgan fingerprint density at radius 3 is 2.56 bits per heavy atom. The molecular weight excluding hydrogens is 361 g/mol. The molecule has 1 fully saturated rings. The largest absolute Gasteiger partial charge is 0.573 e. The molecule has 0 spiro atoms. The predicted octanol–water partition coefficient (Wildman–Crippen LogP) is 3.89. The molecular formula is C19H17F3N2O3. The molecule has 1 saturated heterocycles. The van der Waals surface area contributed by atoms with Crippen molar-refractivity contribution in [1.82, 2.24) is 0 Å². The molecule has 0 bridgehead atoms. The highest BCUT2D eigenvalue weighted by Gasteiger charge is 2.35. The van der Waals surface area contributed by atoms with Crippen LogP contribution in [0, 0.1) is 12.8 Å². The molecule has 1 aliphatic rings. The van der Waals surface area contributed by atoms with Crippen molar-refractivity contribution in [3.05, 3.63) is 54.1 Å². The van der Waals surface area contributed by atoms with E-state index in [4.69, 9.17) is 0 Å². The summed E-state index contributed by atoms with van der Waals surface area (Å²) in [6.07, 6.45) is -4.77. The molecule has 1 N–H and O–H groups in total. The zero-order chi connectivity index (χ0) is 19.6. The fourth-order valence-corrected chi connectivity index (χ4v) is 2.87. The van der Waals surface area contributed by atoms with Gasteiger partial charge in [-0.05, 0) is 31.2 Å². The topological polar surface area (TPSA) is 58.6 Å². The van der Waals surface area contributed by atoms with Crippen molar-refractivity contribution in [3.63, 3.8) is 0 Å². The molecule has 0 radical (unpaired) electrons. The number of ether oxygens (including phenoxy) is 1. The third kappa shape index (κ3) is 4.78. The molecule has 1 aliphatic heterocycles. The molecule has 27 heavy (non-hydrogen) atoms. The number of nitrogens with zero attached hydrogens (tertiary/aromatic N) is 1. The van der Waals surface area contributed by atoms with E-state index < -0.39 is 23.9 Å². The van der Waals surface area contributed by atoms with Crippen molar-refractivity contribution in [3.8, 4) is 5.75 Å². The molecule has 1 atom stereocenters. The van der Waals surface area contributed by atoms with E-state index >= 15 is 0 Å². The number of carbonyl (C=O) groups excluding carboxylic acids is 2. The second kappa shape index (κ2) is 7.30. The molecule has 8 heteroatoms. The lowest BCUT2D eigenvalue weighted by molar-refractivity contribution is -0.274. The highest BCUT2D eigenvalue weighted by atomic mass is 19.4. The minimum absolute atomic E-state index is 0.0401. The smallest absolute Gasteiger partial charge is 0.406 e. The normalized spacial score (nSPS) is 17.1. The SMILES string of the molecule is Cc1ccc(N2CC(C(=O)Nc3cccc(OC(F)(F)F)c3)CC2=O)cc1. The van der Waals surface area contributed by atoms with Crippen LogP contribution in [0.3, 0.4) is 0 Å². The van der Waals surface area contributed by atoms with Crippen molar-refractivity contribution < 1.29 is 27.5 Å². The van der Waals surface area contributed by atoms with Crippen LogP contribution >= 0.6 is 0 Å². The van der Waals surface area contributed by atoms with Gasteiger partial charge in [-0.15, -0.1) is 13.2 Å². The first-order valence-electron chi connectivity index (χ1n) is 8.25. The summed E-state index contributed by atoms with van der Waals surface area (Å²) in [5, 5.41) is 2.55. The monoisotopic (exact) mass is 378 g/mol. The molecule has 2 aromatic rings. The van der Waals surface area contributed by atoms with Crippen LogP contribution in [-0.4, -0.2) is 24.7 Å². The summed E-state index contributed by atoms with van der Waals surface area (Å²) >= 11 is 0. The summed E-state index contributed by atoms with van der Waals surface area (Å²) in [6, 6.07) is 12.4. The van der Waals surface area contributed by atoms with Gasteiger partial charge in [-0.25, -0.2) is 0 Å². The van der Waals surface area contributed by atoms with Gasteiger partial charge >= 0.3 is 6.36 Å². The van der Waals surface area contributed by atoms with E-state index in [2.05, 4.69) is 10.1 Å². The minimum Gasteiger partial charge on any atom is -0.406 e. The number of alkyl halides is 3. The highest BCUT2D eigenvalue weighted by molar-refractivity contribution is 6.03. The Hall–Kier alpha value is -3.03. The fourth-order valence-electron chi connectivity index (χ4n) is 2.87. The summed E-state index contributed by atoms with van der Waals surface area (Å²) in [5.74, 6) is -1.62. The maximum absolute atomic E-state index is 12.4. The summed E-state index contributed by atoms with van der Waals surface area (Å²) in [6.45, 7) is 2.15. The zero-order valence-corrected chi connectivity index (χ0v) is 14.4. The van der Waals surface area contributed by atoms with Crippen LogP contribution in [0.1, 0.15) is 12.0 Å². The standard InChI is InChI=1S/C19H17F3N2O3/c1-12-5-7-15(8-6-12)24-11-13(9-17(24)25)18(26)23-14-3-2-4-16(10-14)27-19(20,21)22/h2-8,10,13H,9,11H2,1H3,(H,23,26). The lowest BCUT2D eigenvalue weighted by Crippen LogP contribution is -2.28. The van der Waals surface area contributed by atoms with E-state index in [1.165, 1.54) is 17.0 Å². The summed E-state index contributed by atoms with van der Waals surface area (Å²) in [5.41, 5.74) is 1.94. The molecule has 5 nitrogen and oxygen atoms in total. The highest BCUT2D eigenvalue weighted by Crippen LogP contribution is 2.28. The number of hydrogen-bond acceptors (Lipinski definition) is 3. The molecule has 0 aliphatic carbocycles. The first kappa shape index (κ1) is 18.8. The molecule has 1 unspecified atom stereocenters. The van der Waals surface area contributed by atoms with Crippen LogP contribution in [0.4, 0.5) is 24.5 Å². The molecule has 1 heterocycles. The summed E-state index contributed by atoms with van der Waals surface area (Å²) in [7, 11) is 0. The second-order valence-electron chi connectivity index (χ2n) is 6.31. The number of aryl methyl sites for hydroxylation is 1. The summed E-state index contributed by atoms with van der Waals surface area (Å²) in [4.78, 5) is 26.2. The van der Waals surface area contributed by atoms with Gasteiger partial charge < -0.3 is 15.0 Å². The number of nitrogens with one attached hydrogen (secondary N) is 1. The third-order valence-corrected chi connectivity index (χ3v) is 4.18. The van der Waals surface area contributed by atoms with Gasteiger partial charge in [0.15, 0.2) is 0 Å². The van der Waals surface area contributed by atoms with Crippen LogP contribution in [-0.2, 0) is 9.59 Å². The van der Waals surface area contributed by atoms with Crippen molar-refractivity contribution in [2.24, 2.45) is 5.92 Å². The number of rotatable bonds is 4.